The Bertz CT molecular complexity index is 1440. The lowest BCUT2D eigenvalue weighted by molar-refractivity contribution is -0.132. The Morgan fingerprint density at radius 3 is 2.54 bits per heavy atom. The lowest BCUT2D eigenvalue weighted by Gasteiger charge is -2.34. The van der Waals surface area contributed by atoms with Crippen LogP contribution in [0.5, 0.6) is 0 Å². The minimum Gasteiger partial charge on any atom is -0.464 e. The molecule has 1 aliphatic rings. The van der Waals surface area contributed by atoms with Crippen molar-refractivity contribution in [2.45, 2.75) is 26.7 Å². The number of nitrogens with zero attached hydrogens (tertiary/aromatic N) is 2. The summed E-state index contributed by atoms with van der Waals surface area (Å²) in [6, 6.07) is 14.0. The van der Waals surface area contributed by atoms with Crippen LogP contribution >= 0.6 is 0 Å². The Hall–Kier alpha value is -3.64. The van der Waals surface area contributed by atoms with E-state index in [1.807, 2.05) is 43.0 Å². The molecule has 0 saturated carbocycles. The van der Waals surface area contributed by atoms with Gasteiger partial charge in [0.1, 0.15) is 11.2 Å². The summed E-state index contributed by atoms with van der Waals surface area (Å²) in [5, 5.41) is 1.90. The fourth-order valence-electron chi connectivity index (χ4n) is 4.80. The van der Waals surface area contributed by atoms with Gasteiger partial charge in [0.05, 0.1) is 6.26 Å². The molecule has 35 heavy (non-hydrogen) atoms. The molecule has 0 N–H and O–H groups in total. The Labute approximate surface area is 204 Å². The van der Waals surface area contributed by atoms with Crippen molar-refractivity contribution in [2.75, 3.05) is 32.7 Å². The Kier molecular flexibility index (Phi) is 6.55. The van der Waals surface area contributed by atoms with Crippen LogP contribution in [0.3, 0.4) is 0 Å². The fraction of sp³-hybridized carbons (Fsp3) is 0.310. The SMILES string of the molecule is Cc1coc2cc3oc(=O)c(CCC(=O)N4CCN(CC=Cc5ccccc5)CC4)c(C)c3cc12. The van der Waals surface area contributed by atoms with Gasteiger partial charge < -0.3 is 13.7 Å². The van der Waals surface area contributed by atoms with Crippen LogP contribution in [0.15, 0.2) is 68.4 Å². The largest absolute Gasteiger partial charge is 0.464 e. The van der Waals surface area contributed by atoms with E-state index in [-0.39, 0.29) is 11.5 Å². The molecule has 0 atom stereocenters. The molecule has 3 heterocycles. The highest BCUT2D eigenvalue weighted by Crippen LogP contribution is 2.29. The van der Waals surface area contributed by atoms with Gasteiger partial charge in [0, 0.05) is 61.5 Å². The van der Waals surface area contributed by atoms with Gasteiger partial charge in [-0.15, -0.1) is 0 Å². The van der Waals surface area contributed by atoms with E-state index in [2.05, 4.69) is 29.2 Å². The molecule has 1 aliphatic heterocycles. The van der Waals surface area contributed by atoms with Crippen molar-refractivity contribution in [2.24, 2.45) is 0 Å². The van der Waals surface area contributed by atoms with Crippen LogP contribution in [0.4, 0.5) is 0 Å². The number of piperazine rings is 1. The summed E-state index contributed by atoms with van der Waals surface area (Å²) in [7, 11) is 0. The summed E-state index contributed by atoms with van der Waals surface area (Å²) in [5.74, 6) is 0.0875. The van der Waals surface area contributed by atoms with Gasteiger partial charge in [-0.2, -0.15) is 0 Å². The molecule has 6 nitrogen and oxygen atoms in total. The van der Waals surface area contributed by atoms with E-state index in [1.165, 1.54) is 5.56 Å². The monoisotopic (exact) mass is 470 g/mol. The number of amides is 1. The summed E-state index contributed by atoms with van der Waals surface area (Å²) in [6.45, 7) is 7.91. The molecule has 0 radical (unpaired) electrons. The second kappa shape index (κ2) is 9.92. The molecule has 1 saturated heterocycles. The first-order chi connectivity index (χ1) is 17.0. The smallest absolute Gasteiger partial charge is 0.339 e. The molecule has 1 amide bonds. The zero-order chi connectivity index (χ0) is 24.4. The quantitative estimate of drug-likeness (QED) is 0.373. The van der Waals surface area contributed by atoms with E-state index in [1.54, 1.807) is 12.3 Å². The van der Waals surface area contributed by atoms with Crippen LogP contribution in [0.25, 0.3) is 28.0 Å². The average molecular weight is 471 g/mol. The lowest BCUT2D eigenvalue weighted by atomic mass is 10.0. The highest BCUT2D eigenvalue weighted by atomic mass is 16.4. The zero-order valence-electron chi connectivity index (χ0n) is 20.3. The van der Waals surface area contributed by atoms with Crippen molar-refractivity contribution < 1.29 is 13.6 Å². The molecular formula is C29H30N2O4. The van der Waals surface area contributed by atoms with Gasteiger partial charge in [-0.05, 0) is 43.0 Å². The number of hydrogen-bond donors (Lipinski definition) is 0. The maximum atomic E-state index is 12.9. The van der Waals surface area contributed by atoms with E-state index in [0.717, 1.165) is 41.5 Å². The van der Waals surface area contributed by atoms with E-state index in [9.17, 15) is 9.59 Å². The first-order valence-electron chi connectivity index (χ1n) is 12.2. The van der Waals surface area contributed by atoms with Gasteiger partial charge in [-0.25, -0.2) is 4.79 Å². The van der Waals surface area contributed by atoms with Gasteiger partial charge in [0.25, 0.3) is 0 Å². The molecular weight excluding hydrogens is 440 g/mol. The Morgan fingerprint density at radius 1 is 1.00 bits per heavy atom. The molecule has 2 aromatic carbocycles. The van der Waals surface area contributed by atoms with E-state index in [4.69, 9.17) is 8.83 Å². The van der Waals surface area contributed by atoms with Gasteiger partial charge in [0.15, 0.2) is 0 Å². The first-order valence-corrected chi connectivity index (χ1v) is 12.2. The third kappa shape index (κ3) is 4.93. The zero-order valence-corrected chi connectivity index (χ0v) is 20.3. The number of fused-ring (bicyclic) bond motifs is 2. The van der Waals surface area contributed by atoms with Crippen LogP contribution in [0.2, 0.25) is 0 Å². The van der Waals surface area contributed by atoms with Gasteiger partial charge in [-0.1, -0.05) is 42.5 Å². The van der Waals surface area contributed by atoms with E-state index in [0.29, 0.717) is 42.7 Å². The number of carbonyl (C=O) groups excluding carboxylic acids is 1. The van der Waals surface area contributed by atoms with Crippen molar-refractivity contribution in [3.05, 3.63) is 87.5 Å². The number of rotatable bonds is 6. The van der Waals surface area contributed by atoms with Crippen molar-refractivity contribution in [1.82, 2.24) is 9.80 Å². The molecule has 0 unspecified atom stereocenters. The van der Waals surface area contributed by atoms with Gasteiger partial charge in [-0.3, -0.25) is 9.69 Å². The van der Waals surface area contributed by atoms with Crippen LogP contribution in [-0.4, -0.2) is 48.4 Å². The van der Waals surface area contributed by atoms with Crippen molar-refractivity contribution in [3.8, 4) is 0 Å². The summed E-state index contributed by atoms with van der Waals surface area (Å²) in [4.78, 5) is 29.9. The van der Waals surface area contributed by atoms with Crippen molar-refractivity contribution in [1.29, 1.82) is 0 Å². The third-order valence-electron chi connectivity index (χ3n) is 6.96. The Balaban J connectivity index is 1.19. The molecule has 5 rings (SSSR count). The highest BCUT2D eigenvalue weighted by molar-refractivity contribution is 5.96. The normalized spacial score (nSPS) is 15.0. The maximum Gasteiger partial charge on any atom is 0.339 e. The summed E-state index contributed by atoms with van der Waals surface area (Å²) >= 11 is 0. The average Bonchev–Trinajstić information content (AvgIpc) is 3.23. The molecule has 6 heteroatoms. The summed E-state index contributed by atoms with van der Waals surface area (Å²) < 4.78 is 11.1. The maximum absolute atomic E-state index is 12.9. The van der Waals surface area contributed by atoms with Crippen LogP contribution in [0.1, 0.15) is 28.7 Å². The first kappa shape index (κ1) is 23.1. The predicted molar refractivity (Wildman–Crippen MR) is 139 cm³/mol. The number of carbonyl (C=O) groups is 1. The minimum atomic E-state index is -0.375. The molecule has 0 aliphatic carbocycles. The van der Waals surface area contributed by atoms with Gasteiger partial charge in [0.2, 0.25) is 5.91 Å². The summed E-state index contributed by atoms with van der Waals surface area (Å²) in [6.07, 6.45) is 6.69. The number of benzene rings is 2. The van der Waals surface area contributed by atoms with E-state index >= 15 is 0 Å². The highest BCUT2D eigenvalue weighted by Gasteiger charge is 2.21. The van der Waals surface area contributed by atoms with Crippen molar-refractivity contribution in [3.63, 3.8) is 0 Å². The molecule has 4 aromatic rings. The van der Waals surface area contributed by atoms with Crippen LogP contribution in [0, 0.1) is 13.8 Å². The molecule has 2 aromatic heterocycles. The molecule has 0 spiro atoms. The standard InChI is InChI=1S/C29H30N2O4/c1-20-19-34-26-18-27-25(17-24(20)26)21(2)23(29(33)35-27)10-11-28(32)31-15-13-30(14-16-31)12-6-9-22-7-4-3-5-8-22/h3-9,17-19H,10-16H2,1-2H3. The van der Waals surface area contributed by atoms with Crippen molar-refractivity contribution >= 4 is 33.9 Å². The lowest BCUT2D eigenvalue weighted by Crippen LogP contribution is -2.48. The number of hydrogen-bond acceptors (Lipinski definition) is 5. The molecule has 180 valence electrons. The third-order valence-corrected chi connectivity index (χ3v) is 6.96. The minimum absolute atomic E-state index is 0.0875. The van der Waals surface area contributed by atoms with Gasteiger partial charge >= 0.3 is 5.63 Å². The topological polar surface area (TPSA) is 66.9 Å². The fourth-order valence-corrected chi connectivity index (χ4v) is 4.80. The molecule has 0 bridgehead atoms. The Morgan fingerprint density at radius 2 is 1.77 bits per heavy atom. The predicted octanol–water partition coefficient (Wildman–Crippen LogP) is 4.95. The second-order valence-corrected chi connectivity index (χ2v) is 9.25. The van der Waals surface area contributed by atoms with E-state index < -0.39 is 0 Å². The second-order valence-electron chi connectivity index (χ2n) is 9.25. The van der Waals surface area contributed by atoms with Crippen LogP contribution in [-0.2, 0) is 11.2 Å². The summed E-state index contributed by atoms with van der Waals surface area (Å²) in [5.41, 5.74) is 4.54. The van der Waals surface area contributed by atoms with Crippen LogP contribution < -0.4 is 5.63 Å². The number of furan rings is 1. The number of aryl methyl sites for hydroxylation is 2. The molecule has 1 fully saturated rings.